The van der Waals surface area contributed by atoms with Crippen molar-refractivity contribution in [1.82, 2.24) is 14.7 Å². The lowest BCUT2D eigenvalue weighted by Crippen LogP contribution is -2.27. The summed E-state index contributed by atoms with van der Waals surface area (Å²) in [7, 11) is -3.55. The molecule has 1 aromatic carbocycles. The first kappa shape index (κ1) is 14.1. The number of nitrogens with zero attached hydrogens (tertiary/aromatic N) is 1. The highest BCUT2D eigenvalue weighted by molar-refractivity contribution is 7.98. The maximum atomic E-state index is 12.0. The number of H-pyrrole nitrogens is 1. The van der Waals surface area contributed by atoms with Gasteiger partial charge in [0.15, 0.2) is 5.03 Å². The van der Waals surface area contributed by atoms with E-state index in [9.17, 15) is 8.42 Å². The second-order valence-electron chi connectivity index (χ2n) is 4.03. The van der Waals surface area contributed by atoms with Gasteiger partial charge in [0.05, 0.1) is 12.5 Å². The van der Waals surface area contributed by atoms with Gasteiger partial charge in [0.1, 0.15) is 0 Å². The number of nitrogens with one attached hydrogen (secondary N) is 2. The van der Waals surface area contributed by atoms with Crippen molar-refractivity contribution in [2.75, 3.05) is 6.26 Å². The van der Waals surface area contributed by atoms with E-state index in [1.165, 1.54) is 12.5 Å². The molecule has 102 valence electrons. The van der Waals surface area contributed by atoms with Gasteiger partial charge in [-0.3, -0.25) is 0 Å². The summed E-state index contributed by atoms with van der Waals surface area (Å²) in [5, 5.41) is 0.0695. The van der Waals surface area contributed by atoms with Crippen molar-refractivity contribution in [2.45, 2.75) is 22.9 Å². The zero-order valence-corrected chi connectivity index (χ0v) is 12.3. The fraction of sp³-hybridized carbons (Fsp3) is 0.250. The zero-order valence-electron chi connectivity index (χ0n) is 10.6. The van der Waals surface area contributed by atoms with E-state index in [-0.39, 0.29) is 11.1 Å². The number of hydrogen-bond donors (Lipinski definition) is 2. The number of aromatic nitrogens is 2. The number of imidazole rings is 1. The lowest BCUT2D eigenvalue weighted by Gasteiger charge is -2.14. The fourth-order valence-electron chi connectivity index (χ4n) is 1.65. The van der Waals surface area contributed by atoms with Crippen LogP contribution in [0.15, 0.2) is 46.7 Å². The van der Waals surface area contributed by atoms with Crippen LogP contribution in [-0.2, 0) is 10.0 Å². The van der Waals surface area contributed by atoms with Crippen LogP contribution in [0.2, 0.25) is 0 Å². The lowest BCUT2D eigenvalue weighted by molar-refractivity contribution is 0.564. The fourth-order valence-corrected chi connectivity index (χ4v) is 3.19. The summed E-state index contributed by atoms with van der Waals surface area (Å²) in [6, 6.07) is 7.49. The van der Waals surface area contributed by atoms with E-state index in [1.54, 1.807) is 11.8 Å². The Morgan fingerprint density at radius 3 is 2.53 bits per heavy atom. The van der Waals surface area contributed by atoms with Crippen molar-refractivity contribution in [3.8, 4) is 0 Å². The number of hydrogen-bond acceptors (Lipinski definition) is 4. The third-order valence-electron chi connectivity index (χ3n) is 2.71. The number of sulfonamides is 1. The van der Waals surface area contributed by atoms with E-state index < -0.39 is 10.0 Å². The molecule has 0 radical (unpaired) electrons. The smallest absolute Gasteiger partial charge is 0.258 e. The Balaban J connectivity index is 2.14. The quantitative estimate of drug-likeness (QED) is 0.829. The summed E-state index contributed by atoms with van der Waals surface area (Å²) in [5.41, 5.74) is 0.917. The number of aromatic amines is 1. The molecule has 0 aliphatic carbocycles. The van der Waals surface area contributed by atoms with Gasteiger partial charge in [-0.2, -0.15) is 0 Å². The molecule has 0 aliphatic heterocycles. The Labute approximate surface area is 116 Å². The molecule has 2 N–H and O–H groups in total. The van der Waals surface area contributed by atoms with Crippen LogP contribution in [0.1, 0.15) is 18.5 Å². The molecule has 19 heavy (non-hydrogen) atoms. The third kappa shape index (κ3) is 3.37. The lowest BCUT2D eigenvalue weighted by atomic mass is 10.1. The van der Waals surface area contributed by atoms with Crippen LogP contribution in [0, 0.1) is 0 Å². The first-order valence-corrected chi connectivity index (χ1v) is 8.38. The molecule has 1 aromatic heterocycles. The highest BCUT2D eigenvalue weighted by Crippen LogP contribution is 2.20. The molecule has 0 fully saturated rings. The first-order chi connectivity index (χ1) is 9.03. The van der Waals surface area contributed by atoms with Gasteiger partial charge in [-0.25, -0.2) is 18.1 Å². The van der Waals surface area contributed by atoms with E-state index in [0.717, 1.165) is 10.5 Å². The molecule has 0 spiro atoms. The topological polar surface area (TPSA) is 74.8 Å². The number of rotatable bonds is 5. The molecule has 2 aromatic rings. The van der Waals surface area contributed by atoms with Crippen LogP contribution in [0.5, 0.6) is 0 Å². The molecule has 2 rings (SSSR count). The monoisotopic (exact) mass is 297 g/mol. The van der Waals surface area contributed by atoms with Gasteiger partial charge in [-0.1, -0.05) is 12.1 Å². The normalized spacial score (nSPS) is 13.4. The van der Waals surface area contributed by atoms with Crippen LogP contribution >= 0.6 is 11.8 Å². The second kappa shape index (κ2) is 5.77. The summed E-state index contributed by atoms with van der Waals surface area (Å²) < 4.78 is 26.6. The predicted octanol–water partition coefficient (Wildman–Crippen LogP) is 2.17. The minimum atomic E-state index is -3.55. The Morgan fingerprint density at radius 2 is 2.00 bits per heavy atom. The van der Waals surface area contributed by atoms with Crippen molar-refractivity contribution in [2.24, 2.45) is 0 Å². The van der Waals surface area contributed by atoms with Gasteiger partial charge >= 0.3 is 0 Å². The number of thioether (sulfide) groups is 1. The van der Waals surface area contributed by atoms with Gasteiger partial charge in [0, 0.05) is 10.9 Å². The highest BCUT2D eigenvalue weighted by atomic mass is 32.2. The van der Waals surface area contributed by atoms with Crippen molar-refractivity contribution in [3.63, 3.8) is 0 Å². The minimum absolute atomic E-state index is 0.0695. The molecule has 1 atom stereocenters. The minimum Gasteiger partial charge on any atom is -0.335 e. The van der Waals surface area contributed by atoms with E-state index >= 15 is 0 Å². The summed E-state index contributed by atoms with van der Waals surface area (Å²) in [4.78, 5) is 7.45. The molecular weight excluding hydrogens is 282 g/mol. The molecular formula is C12H15N3O2S2. The Bertz CT molecular complexity index is 622. The first-order valence-electron chi connectivity index (χ1n) is 5.67. The van der Waals surface area contributed by atoms with Crippen LogP contribution in [0.4, 0.5) is 0 Å². The summed E-state index contributed by atoms with van der Waals surface area (Å²) in [6.45, 7) is 1.81. The van der Waals surface area contributed by atoms with Crippen LogP contribution in [0.3, 0.4) is 0 Å². The average molecular weight is 297 g/mol. The molecule has 0 bridgehead atoms. The van der Waals surface area contributed by atoms with Gasteiger partial charge < -0.3 is 4.98 Å². The Hall–Kier alpha value is -1.31. The van der Waals surface area contributed by atoms with Crippen molar-refractivity contribution >= 4 is 21.8 Å². The van der Waals surface area contributed by atoms with Gasteiger partial charge in [-0.05, 0) is 30.9 Å². The third-order valence-corrected chi connectivity index (χ3v) is 4.92. The van der Waals surface area contributed by atoms with E-state index in [0.29, 0.717) is 0 Å². The standard InChI is InChI=1S/C12H15N3O2S2/c1-9(10-3-5-11(18-2)6-4-10)15-19(16,17)12-7-13-8-14-12/h3-9,15H,1-2H3,(H,13,14). The van der Waals surface area contributed by atoms with Crippen molar-refractivity contribution in [3.05, 3.63) is 42.4 Å². The maximum absolute atomic E-state index is 12.0. The second-order valence-corrected chi connectivity index (χ2v) is 6.59. The largest absolute Gasteiger partial charge is 0.335 e. The van der Waals surface area contributed by atoms with Crippen LogP contribution in [-0.4, -0.2) is 24.6 Å². The maximum Gasteiger partial charge on any atom is 0.258 e. The molecule has 5 nitrogen and oxygen atoms in total. The molecule has 0 amide bonds. The predicted molar refractivity (Wildman–Crippen MR) is 75.5 cm³/mol. The Morgan fingerprint density at radius 1 is 1.32 bits per heavy atom. The SMILES string of the molecule is CSc1ccc(C(C)NS(=O)(=O)c2cnc[nH]2)cc1. The van der Waals surface area contributed by atoms with Crippen molar-refractivity contribution < 1.29 is 8.42 Å². The summed E-state index contributed by atoms with van der Waals surface area (Å²) in [6.07, 6.45) is 4.62. The van der Waals surface area contributed by atoms with E-state index in [4.69, 9.17) is 0 Å². The van der Waals surface area contributed by atoms with Gasteiger partial charge in [0.2, 0.25) is 0 Å². The van der Waals surface area contributed by atoms with E-state index in [1.807, 2.05) is 37.4 Å². The van der Waals surface area contributed by atoms with Crippen LogP contribution in [0.25, 0.3) is 0 Å². The van der Waals surface area contributed by atoms with E-state index in [2.05, 4.69) is 14.7 Å². The molecule has 0 saturated heterocycles. The Kier molecular flexibility index (Phi) is 4.28. The van der Waals surface area contributed by atoms with Crippen molar-refractivity contribution in [1.29, 1.82) is 0 Å². The van der Waals surface area contributed by atoms with Crippen LogP contribution < -0.4 is 4.72 Å². The highest BCUT2D eigenvalue weighted by Gasteiger charge is 2.19. The molecule has 0 aliphatic rings. The van der Waals surface area contributed by atoms with Gasteiger partial charge in [0.25, 0.3) is 10.0 Å². The van der Waals surface area contributed by atoms with Gasteiger partial charge in [-0.15, -0.1) is 11.8 Å². The average Bonchev–Trinajstić information content (AvgIpc) is 2.93. The zero-order chi connectivity index (χ0) is 13.9. The number of benzene rings is 1. The molecule has 0 saturated carbocycles. The molecule has 1 heterocycles. The molecule has 7 heteroatoms. The molecule has 1 unspecified atom stereocenters. The summed E-state index contributed by atoms with van der Waals surface area (Å²) >= 11 is 1.65. The summed E-state index contributed by atoms with van der Waals surface area (Å²) in [5.74, 6) is 0.